The Bertz CT molecular complexity index is 334. The Kier molecular flexibility index (Phi) is 14.7. The van der Waals surface area contributed by atoms with Crippen molar-refractivity contribution < 1.29 is 93.6 Å². The van der Waals surface area contributed by atoms with Crippen LogP contribution in [0.2, 0.25) is 0 Å². The van der Waals surface area contributed by atoms with E-state index in [1.54, 1.807) is 0 Å². The molecule has 0 saturated heterocycles. The first kappa shape index (κ1) is 23.9. The number of carbonyl (C=O) groups is 4. The fourth-order valence-corrected chi connectivity index (χ4v) is 1.17. The van der Waals surface area contributed by atoms with Crippen molar-refractivity contribution in [3.63, 3.8) is 0 Å². The number of nitrogens with zero attached hydrogens (tertiary/aromatic N) is 1. The van der Waals surface area contributed by atoms with Gasteiger partial charge in [-0.25, -0.2) is 0 Å². The molecular formula is C8H10N2Na2O7. The molecule has 1 atom stereocenters. The fourth-order valence-electron chi connectivity index (χ4n) is 1.17. The third-order valence-corrected chi connectivity index (χ3v) is 1.78. The summed E-state index contributed by atoms with van der Waals surface area (Å²) in [6, 6.07) is -1.65. The maximum atomic E-state index is 10.8. The number of hydrogen-bond donors (Lipinski definition) is 2. The minimum atomic E-state index is -1.68. The van der Waals surface area contributed by atoms with Gasteiger partial charge in [0.05, 0.1) is 18.4 Å². The summed E-state index contributed by atoms with van der Waals surface area (Å²) >= 11 is 0. The van der Waals surface area contributed by atoms with Gasteiger partial charge < -0.3 is 30.6 Å². The predicted molar refractivity (Wildman–Crippen MR) is 46.8 cm³/mol. The second kappa shape index (κ2) is 11.6. The van der Waals surface area contributed by atoms with Gasteiger partial charge in [0.15, 0.2) is 0 Å². The van der Waals surface area contributed by atoms with Gasteiger partial charge in [0.2, 0.25) is 5.91 Å². The van der Waals surface area contributed by atoms with Crippen LogP contribution in [0.15, 0.2) is 0 Å². The number of hydrogen-bond acceptors (Lipinski definition) is 7. The van der Waals surface area contributed by atoms with Crippen molar-refractivity contribution in [2.75, 3.05) is 13.1 Å². The van der Waals surface area contributed by atoms with Crippen molar-refractivity contribution >= 4 is 23.8 Å². The minimum Gasteiger partial charge on any atom is -0.549 e. The Hall–Kier alpha value is -0.160. The van der Waals surface area contributed by atoms with Crippen molar-refractivity contribution in [3.8, 4) is 0 Å². The summed E-state index contributed by atoms with van der Waals surface area (Å²) in [7, 11) is 0. The first-order chi connectivity index (χ1) is 7.73. The van der Waals surface area contributed by atoms with Crippen LogP contribution in [-0.4, -0.2) is 53.0 Å². The van der Waals surface area contributed by atoms with Crippen molar-refractivity contribution in [2.45, 2.75) is 12.5 Å². The summed E-state index contributed by atoms with van der Waals surface area (Å²) in [5, 5.41) is 29.4. The average molecular weight is 292 g/mol. The third-order valence-electron chi connectivity index (χ3n) is 1.78. The van der Waals surface area contributed by atoms with Crippen molar-refractivity contribution in [1.29, 1.82) is 0 Å². The molecule has 11 heteroatoms. The van der Waals surface area contributed by atoms with E-state index in [-0.39, 0.29) is 59.1 Å². The summed E-state index contributed by atoms with van der Waals surface area (Å²) in [6.45, 7) is -1.92. The molecule has 0 aliphatic rings. The monoisotopic (exact) mass is 292 g/mol. The van der Waals surface area contributed by atoms with Gasteiger partial charge in [-0.1, -0.05) is 0 Å². The zero-order chi connectivity index (χ0) is 13.6. The number of amides is 1. The summed E-state index contributed by atoms with van der Waals surface area (Å²) in [4.78, 5) is 42.5. The topological polar surface area (TPSA) is 164 Å². The number of carboxylic acid groups (broad SMARTS) is 3. The molecule has 0 fully saturated rings. The first-order valence-corrected chi connectivity index (χ1v) is 4.39. The molecule has 19 heavy (non-hydrogen) atoms. The molecule has 3 N–H and O–H groups in total. The van der Waals surface area contributed by atoms with E-state index in [4.69, 9.17) is 10.8 Å². The van der Waals surface area contributed by atoms with Crippen molar-refractivity contribution in [3.05, 3.63) is 0 Å². The predicted octanol–water partition coefficient (Wildman–Crippen LogP) is -10.9. The van der Waals surface area contributed by atoms with E-state index in [9.17, 15) is 29.4 Å². The van der Waals surface area contributed by atoms with Crippen LogP contribution in [0.1, 0.15) is 6.42 Å². The van der Waals surface area contributed by atoms with Gasteiger partial charge in [0.25, 0.3) is 0 Å². The zero-order valence-electron chi connectivity index (χ0n) is 10.6. The molecule has 0 heterocycles. The molecule has 0 radical (unpaired) electrons. The molecule has 0 aromatic heterocycles. The summed E-state index contributed by atoms with van der Waals surface area (Å²) < 4.78 is 0. The standard InChI is InChI=1S/C8H12N2O7.2Na/c9-5(11)1-4(8(16)17)10(2-6(12)13)3-7(14)15;;/h4H,1-3H2,(H2,9,11)(H,12,13)(H,14,15)(H,16,17);;/q;2*+1/p-2/t4-;;/m0../s1. The largest absolute Gasteiger partial charge is 1.00 e. The SMILES string of the molecule is NC(=O)C[C@@H](C(=O)O)N(CC(=O)[O-])CC(=O)[O-].[Na+].[Na+]. The normalized spacial score (nSPS) is 10.8. The van der Waals surface area contributed by atoms with Crippen LogP contribution < -0.4 is 75.1 Å². The van der Waals surface area contributed by atoms with Gasteiger partial charge in [-0.2, -0.15) is 0 Å². The molecule has 0 spiro atoms. The number of carboxylic acids is 3. The van der Waals surface area contributed by atoms with E-state index < -0.39 is 49.4 Å². The van der Waals surface area contributed by atoms with Gasteiger partial charge in [0, 0.05) is 13.1 Å². The maximum Gasteiger partial charge on any atom is 1.00 e. The molecule has 0 saturated carbocycles. The molecule has 0 aliphatic carbocycles. The van der Waals surface area contributed by atoms with E-state index in [2.05, 4.69) is 0 Å². The molecule has 0 aromatic rings. The van der Waals surface area contributed by atoms with E-state index >= 15 is 0 Å². The molecule has 0 rings (SSSR count). The molecule has 9 nitrogen and oxygen atoms in total. The Morgan fingerprint density at radius 2 is 1.42 bits per heavy atom. The number of nitrogens with two attached hydrogens (primary N) is 1. The summed E-state index contributed by atoms with van der Waals surface area (Å²) in [6.07, 6.45) is -0.712. The number of rotatable bonds is 8. The Morgan fingerprint density at radius 3 is 1.63 bits per heavy atom. The van der Waals surface area contributed by atoms with Crippen molar-refractivity contribution in [2.24, 2.45) is 5.73 Å². The van der Waals surface area contributed by atoms with Crippen LogP contribution in [0.3, 0.4) is 0 Å². The van der Waals surface area contributed by atoms with E-state index in [1.807, 2.05) is 0 Å². The molecular weight excluding hydrogens is 282 g/mol. The molecule has 0 aromatic carbocycles. The van der Waals surface area contributed by atoms with Crippen LogP contribution >= 0.6 is 0 Å². The summed E-state index contributed by atoms with van der Waals surface area (Å²) in [5.74, 6) is -5.92. The third kappa shape index (κ3) is 11.4. The van der Waals surface area contributed by atoms with Gasteiger partial charge in [0.1, 0.15) is 6.04 Å². The van der Waals surface area contributed by atoms with E-state index in [1.165, 1.54) is 0 Å². The van der Waals surface area contributed by atoms with Crippen LogP contribution in [0.4, 0.5) is 0 Å². The first-order valence-electron chi connectivity index (χ1n) is 4.39. The quantitative estimate of drug-likeness (QED) is 0.416. The van der Waals surface area contributed by atoms with Crippen LogP contribution in [0, 0.1) is 0 Å². The smallest absolute Gasteiger partial charge is 0.549 e. The van der Waals surface area contributed by atoms with Crippen LogP contribution in [-0.2, 0) is 19.2 Å². The second-order valence-electron chi connectivity index (χ2n) is 3.17. The van der Waals surface area contributed by atoms with Gasteiger partial charge in [-0.15, -0.1) is 0 Å². The second-order valence-corrected chi connectivity index (χ2v) is 3.17. The van der Waals surface area contributed by atoms with Crippen LogP contribution in [0.25, 0.3) is 0 Å². The molecule has 0 aliphatic heterocycles. The summed E-state index contributed by atoms with van der Waals surface area (Å²) in [5.41, 5.74) is 4.78. The number of primary amides is 1. The van der Waals surface area contributed by atoms with Crippen LogP contribution in [0.5, 0.6) is 0 Å². The fraction of sp³-hybridized carbons (Fsp3) is 0.500. The molecule has 0 bridgehead atoms. The number of carbonyl (C=O) groups excluding carboxylic acids is 3. The van der Waals surface area contributed by atoms with E-state index in [0.717, 1.165) is 0 Å². The molecule has 1 amide bonds. The van der Waals surface area contributed by atoms with Gasteiger partial charge in [-0.3, -0.25) is 14.5 Å². The van der Waals surface area contributed by atoms with Gasteiger partial charge in [-0.05, 0) is 0 Å². The minimum absolute atomic E-state index is 0. The number of aliphatic carboxylic acids is 3. The van der Waals surface area contributed by atoms with Gasteiger partial charge >= 0.3 is 65.1 Å². The molecule has 0 unspecified atom stereocenters. The Balaban J connectivity index is -0.00000128. The maximum absolute atomic E-state index is 10.8. The Morgan fingerprint density at radius 1 is 1.05 bits per heavy atom. The average Bonchev–Trinajstić information content (AvgIpc) is 2.10. The Labute approximate surface area is 152 Å². The van der Waals surface area contributed by atoms with E-state index in [0.29, 0.717) is 4.90 Å². The molecule has 96 valence electrons. The van der Waals surface area contributed by atoms with Crippen molar-refractivity contribution in [1.82, 2.24) is 4.90 Å². The zero-order valence-corrected chi connectivity index (χ0v) is 14.6.